The van der Waals surface area contributed by atoms with Crippen LogP contribution in [-0.4, -0.2) is 11.1 Å². The summed E-state index contributed by atoms with van der Waals surface area (Å²) in [6.07, 6.45) is 3.59. The van der Waals surface area contributed by atoms with Crippen LogP contribution in [0.4, 0.5) is 4.39 Å². The number of carboxylic acids is 1. The fraction of sp³-hybridized carbons (Fsp3) is 0.182. The number of hydrogen-bond acceptors (Lipinski definition) is 1. The summed E-state index contributed by atoms with van der Waals surface area (Å²) in [5, 5.41) is 8.34. The van der Waals surface area contributed by atoms with Gasteiger partial charge in [-0.25, -0.2) is 9.18 Å². The molecule has 0 aromatic heterocycles. The Morgan fingerprint density at radius 3 is 2.93 bits per heavy atom. The molecular weight excluding hydrogens is 263 g/mol. The first-order chi connectivity index (χ1) is 7.09. The van der Waals surface area contributed by atoms with Crippen molar-refractivity contribution < 1.29 is 14.3 Å². The maximum absolute atomic E-state index is 13.2. The Morgan fingerprint density at radius 2 is 2.27 bits per heavy atom. The highest BCUT2D eigenvalue weighted by atomic mass is 79.9. The number of aliphatic carboxylic acids is 1. The normalized spacial score (nSPS) is 10.8. The average molecular weight is 273 g/mol. The molecule has 1 rings (SSSR count). The van der Waals surface area contributed by atoms with Crippen molar-refractivity contribution in [2.45, 2.75) is 12.8 Å². The van der Waals surface area contributed by atoms with E-state index in [1.165, 1.54) is 12.1 Å². The first-order valence-electron chi connectivity index (χ1n) is 4.43. The third-order valence-electron chi connectivity index (χ3n) is 1.85. The van der Waals surface area contributed by atoms with Crippen LogP contribution in [0, 0.1) is 5.82 Å². The number of carbonyl (C=O) groups is 1. The molecule has 0 amide bonds. The van der Waals surface area contributed by atoms with Crippen molar-refractivity contribution in [1.29, 1.82) is 0 Å². The number of halogens is 2. The van der Waals surface area contributed by atoms with E-state index in [1.807, 2.05) is 0 Å². The monoisotopic (exact) mass is 272 g/mol. The zero-order chi connectivity index (χ0) is 11.3. The van der Waals surface area contributed by atoms with E-state index in [0.717, 1.165) is 10.5 Å². The molecule has 0 fully saturated rings. The SMILES string of the molecule is O=C(O)/C=C/CCc1cc(Br)ccc1F. The van der Waals surface area contributed by atoms with Crippen molar-refractivity contribution >= 4 is 21.9 Å². The summed E-state index contributed by atoms with van der Waals surface area (Å²) in [7, 11) is 0. The molecule has 0 heterocycles. The molecule has 1 aromatic rings. The van der Waals surface area contributed by atoms with E-state index in [9.17, 15) is 9.18 Å². The summed E-state index contributed by atoms with van der Waals surface area (Å²) < 4.78 is 14.0. The number of hydrogen-bond donors (Lipinski definition) is 1. The van der Waals surface area contributed by atoms with Crippen LogP contribution in [0.25, 0.3) is 0 Å². The smallest absolute Gasteiger partial charge is 0.327 e. The Labute approximate surface area is 95.6 Å². The molecule has 0 saturated carbocycles. The molecule has 2 nitrogen and oxygen atoms in total. The van der Waals surface area contributed by atoms with Crippen LogP contribution in [0.2, 0.25) is 0 Å². The highest BCUT2D eigenvalue weighted by Crippen LogP contribution is 2.16. The molecule has 0 saturated heterocycles. The van der Waals surface area contributed by atoms with Crippen LogP contribution in [0.15, 0.2) is 34.8 Å². The van der Waals surface area contributed by atoms with Crippen LogP contribution in [0.1, 0.15) is 12.0 Å². The zero-order valence-corrected chi connectivity index (χ0v) is 9.50. The number of aryl methyl sites for hydroxylation is 1. The third kappa shape index (κ3) is 4.25. The quantitative estimate of drug-likeness (QED) is 0.855. The van der Waals surface area contributed by atoms with Gasteiger partial charge in [-0.15, -0.1) is 0 Å². The van der Waals surface area contributed by atoms with Crippen molar-refractivity contribution in [3.05, 3.63) is 46.2 Å². The zero-order valence-electron chi connectivity index (χ0n) is 7.91. The second-order valence-electron chi connectivity index (χ2n) is 3.02. The van der Waals surface area contributed by atoms with E-state index >= 15 is 0 Å². The molecule has 0 aliphatic rings. The summed E-state index contributed by atoms with van der Waals surface area (Å²) in [5.41, 5.74) is 0.583. The lowest BCUT2D eigenvalue weighted by Crippen LogP contribution is -1.91. The highest BCUT2D eigenvalue weighted by molar-refractivity contribution is 9.10. The molecule has 1 N–H and O–H groups in total. The molecule has 0 spiro atoms. The molecule has 0 aliphatic carbocycles. The second-order valence-corrected chi connectivity index (χ2v) is 3.93. The van der Waals surface area contributed by atoms with Gasteiger partial charge >= 0.3 is 5.97 Å². The Morgan fingerprint density at radius 1 is 1.53 bits per heavy atom. The Hall–Kier alpha value is -1.16. The van der Waals surface area contributed by atoms with Gasteiger partial charge < -0.3 is 5.11 Å². The van der Waals surface area contributed by atoms with E-state index in [1.54, 1.807) is 12.1 Å². The fourth-order valence-electron chi connectivity index (χ4n) is 1.16. The van der Waals surface area contributed by atoms with E-state index in [0.29, 0.717) is 18.4 Å². The molecular formula is C11H10BrFO2. The molecule has 1 aromatic carbocycles. The average Bonchev–Trinajstić information content (AvgIpc) is 2.17. The van der Waals surface area contributed by atoms with E-state index in [-0.39, 0.29) is 5.82 Å². The van der Waals surface area contributed by atoms with Crippen molar-refractivity contribution in [3.63, 3.8) is 0 Å². The fourth-order valence-corrected chi connectivity index (χ4v) is 1.57. The molecule has 0 radical (unpaired) electrons. The topological polar surface area (TPSA) is 37.3 Å². The van der Waals surface area contributed by atoms with Gasteiger partial charge in [-0.05, 0) is 36.6 Å². The van der Waals surface area contributed by atoms with Gasteiger partial charge in [0, 0.05) is 10.5 Å². The maximum Gasteiger partial charge on any atom is 0.327 e. The molecule has 0 bridgehead atoms. The summed E-state index contributed by atoms with van der Waals surface area (Å²) in [5.74, 6) is -1.24. The maximum atomic E-state index is 13.2. The van der Waals surface area contributed by atoms with Crippen LogP contribution >= 0.6 is 15.9 Å². The van der Waals surface area contributed by atoms with Crippen molar-refractivity contribution in [2.24, 2.45) is 0 Å². The molecule has 15 heavy (non-hydrogen) atoms. The van der Waals surface area contributed by atoms with E-state index in [4.69, 9.17) is 5.11 Å². The lowest BCUT2D eigenvalue weighted by Gasteiger charge is -2.01. The van der Waals surface area contributed by atoms with Crippen molar-refractivity contribution in [1.82, 2.24) is 0 Å². The number of benzene rings is 1. The van der Waals surface area contributed by atoms with E-state index in [2.05, 4.69) is 15.9 Å². The van der Waals surface area contributed by atoms with Gasteiger partial charge in [0.2, 0.25) is 0 Å². The minimum Gasteiger partial charge on any atom is -0.478 e. The van der Waals surface area contributed by atoms with Crippen molar-refractivity contribution in [3.8, 4) is 0 Å². The van der Waals surface area contributed by atoms with Gasteiger partial charge in [-0.1, -0.05) is 22.0 Å². The van der Waals surface area contributed by atoms with Crippen molar-refractivity contribution in [2.75, 3.05) is 0 Å². The summed E-state index contributed by atoms with van der Waals surface area (Å²) >= 11 is 3.25. The molecule has 4 heteroatoms. The van der Waals surface area contributed by atoms with Gasteiger partial charge in [-0.3, -0.25) is 0 Å². The Kier molecular flexibility index (Phi) is 4.49. The first-order valence-corrected chi connectivity index (χ1v) is 5.22. The number of allylic oxidation sites excluding steroid dienone is 1. The first kappa shape index (κ1) is 11.9. The molecule has 80 valence electrons. The highest BCUT2D eigenvalue weighted by Gasteiger charge is 2.01. The van der Waals surface area contributed by atoms with Crippen LogP contribution in [0.5, 0.6) is 0 Å². The van der Waals surface area contributed by atoms with Gasteiger partial charge in [0.05, 0.1) is 0 Å². The third-order valence-corrected chi connectivity index (χ3v) is 2.34. The number of carboxylic acid groups (broad SMARTS) is 1. The summed E-state index contributed by atoms with van der Waals surface area (Å²) in [4.78, 5) is 10.2. The minimum atomic E-state index is -0.982. The Bertz CT molecular complexity index is 388. The largest absolute Gasteiger partial charge is 0.478 e. The van der Waals surface area contributed by atoms with Gasteiger partial charge in [0.1, 0.15) is 5.82 Å². The standard InChI is InChI=1S/C11H10BrFO2/c12-9-5-6-10(13)8(7-9)3-1-2-4-11(14)15/h2,4-7H,1,3H2,(H,14,15)/b4-2+. The van der Waals surface area contributed by atoms with Gasteiger partial charge in [-0.2, -0.15) is 0 Å². The van der Waals surface area contributed by atoms with Gasteiger partial charge in [0.15, 0.2) is 0 Å². The summed E-state index contributed by atoms with van der Waals surface area (Å²) in [6, 6.07) is 4.72. The predicted molar refractivity (Wildman–Crippen MR) is 59.2 cm³/mol. The number of rotatable bonds is 4. The molecule has 0 unspecified atom stereocenters. The lowest BCUT2D eigenvalue weighted by molar-refractivity contribution is -0.131. The minimum absolute atomic E-state index is 0.262. The Balaban J connectivity index is 2.57. The molecule has 0 atom stereocenters. The van der Waals surface area contributed by atoms with Gasteiger partial charge in [0.25, 0.3) is 0 Å². The van der Waals surface area contributed by atoms with Crippen LogP contribution < -0.4 is 0 Å². The van der Waals surface area contributed by atoms with Crippen LogP contribution in [-0.2, 0) is 11.2 Å². The predicted octanol–water partition coefficient (Wildman–Crippen LogP) is 3.16. The summed E-state index contributed by atoms with van der Waals surface area (Å²) in [6.45, 7) is 0. The van der Waals surface area contributed by atoms with E-state index < -0.39 is 5.97 Å². The molecule has 0 aliphatic heterocycles. The second kappa shape index (κ2) is 5.66. The lowest BCUT2D eigenvalue weighted by atomic mass is 10.1. The van der Waals surface area contributed by atoms with Crippen LogP contribution in [0.3, 0.4) is 0 Å².